The molecule has 0 atom stereocenters. The van der Waals surface area contributed by atoms with E-state index in [1.165, 1.54) is 18.2 Å². The van der Waals surface area contributed by atoms with E-state index in [0.29, 0.717) is 23.1 Å². The van der Waals surface area contributed by atoms with Gasteiger partial charge in [-0.1, -0.05) is 36.4 Å². The van der Waals surface area contributed by atoms with Crippen LogP contribution in [0, 0.1) is 0 Å². The molecule has 3 rings (SSSR count). The minimum atomic E-state index is -4.95. The van der Waals surface area contributed by atoms with Gasteiger partial charge >= 0.3 is 12.1 Å². The third-order valence-electron chi connectivity index (χ3n) is 3.96. The maximum atomic E-state index is 12.5. The lowest BCUT2D eigenvalue weighted by atomic mass is 9.86. The number of ketones is 1. The van der Waals surface area contributed by atoms with Crippen molar-refractivity contribution in [3.63, 3.8) is 0 Å². The summed E-state index contributed by atoms with van der Waals surface area (Å²) in [5, 5.41) is 1.81. The number of benzene rings is 2. The summed E-state index contributed by atoms with van der Waals surface area (Å²) in [5.74, 6) is -2.11. The van der Waals surface area contributed by atoms with E-state index in [9.17, 15) is 22.8 Å². The Kier molecular flexibility index (Phi) is 4.44. The molecule has 0 saturated carbocycles. The molecule has 0 bridgehead atoms. The number of hydrogen-bond donors (Lipinski definition) is 1. The number of amides is 1. The highest BCUT2D eigenvalue weighted by molar-refractivity contribution is 6.13. The predicted molar refractivity (Wildman–Crippen MR) is 88.2 cm³/mol. The van der Waals surface area contributed by atoms with Gasteiger partial charge in [0.1, 0.15) is 0 Å². The topological polar surface area (TPSA) is 46.2 Å². The van der Waals surface area contributed by atoms with E-state index in [0.717, 1.165) is 12.0 Å². The first-order valence-electron chi connectivity index (χ1n) is 7.66. The number of fused-ring (bicyclic) bond motifs is 1. The van der Waals surface area contributed by atoms with Gasteiger partial charge in [0.15, 0.2) is 5.78 Å². The number of allylic oxidation sites excluding steroid dienone is 1. The highest BCUT2D eigenvalue weighted by Crippen LogP contribution is 2.27. The van der Waals surface area contributed by atoms with Crippen LogP contribution in [0.1, 0.15) is 27.9 Å². The fourth-order valence-electron chi connectivity index (χ4n) is 2.76. The molecule has 0 aliphatic heterocycles. The van der Waals surface area contributed by atoms with Crippen LogP contribution in [0.5, 0.6) is 0 Å². The monoisotopic (exact) mass is 345 g/mol. The van der Waals surface area contributed by atoms with Crippen molar-refractivity contribution in [3.05, 3.63) is 70.8 Å². The van der Waals surface area contributed by atoms with Crippen LogP contribution in [0.25, 0.3) is 6.08 Å². The first-order valence-corrected chi connectivity index (χ1v) is 7.66. The first-order chi connectivity index (χ1) is 11.8. The highest BCUT2D eigenvalue weighted by atomic mass is 19.4. The molecular formula is C19H14F3NO2. The van der Waals surface area contributed by atoms with Gasteiger partial charge in [0, 0.05) is 16.8 Å². The van der Waals surface area contributed by atoms with Gasteiger partial charge in [-0.05, 0) is 42.2 Å². The fraction of sp³-hybridized carbons (Fsp3) is 0.158. The van der Waals surface area contributed by atoms with Gasteiger partial charge in [0.2, 0.25) is 0 Å². The van der Waals surface area contributed by atoms with Crippen molar-refractivity contribution in [3.8, 4) is 0 Å². The summed E-state index contributed by atoms with van der Waals surface area (Å²) in [6.07, 6.45) is -1.99. The number of nitrogens with one attached hydrogen (secondary N) is 1. The Morgan fingerprint density at radius 2 is 1.80 bits per heavy atom. The Labute approximate surface area is 142 Å². The molecule has 2 aromatic rings. The number of alkyl halides is 3. The van der Waals surface area contributed by atoms with Crippen LogP contribution < -0.4 is 5.32 Å². The maximum absolute atomic E-state index is 12.5. The van der Waals surface area contributed by atoms with Crippen LogP contribution in [-0.2, 0) is 11.2 Å². The summed E-state index contributed by atoms with van der Waals surface area (Å²) in [6, 6.07) is 13.3. The zero-order valence-corrected chi connectivity index (χ0v) is 13.1. The summed E-state index contributed by atoms with van der Waals surface area (Å²) in [6.45, 7) is 0. The lowest BCUT2D eigenvalue weighted by Crippen LogP contribution is -2.29. The molecule has 3 nitrogen and oxygen atoms in total. The third kappa shape index (κ3) is 3.79. The third-order valence-corrected chi connectivity index (χ3v) is 3.96. The highest BCUT2D eigenvalue weighted by Gasteiger charge is 2.38. The largest absolute Gasteiger partial charge is 0.471 e. The molecule has 1 N–H and O–H groups in total. The summed E-state index contributed by atoms with van der Waals surface area (Å²) in [5.41, 5.74) is 2.83. The SMILES string of the molecule is O=C1/C(=C/c2cccc(NC(=O)C(F)(F)F)c2)CCc2ccccc21. The number of Topliss-reactive ketones (excluding diaryl/α,β-unsaturated/α-hetero) is 1. The molecule has 0 spiro atoms. The van der Waals surface area contributed by atoms with Gasteiger partial charge < -0.3 is 5.32 Å². The zero-order chi connectivity index (χ0) is 18.0. The van der Waals surface area contributed by atoms with E-state index in [2.05, 4.69) is 0 Å². The first kappa shape index (κ1) is 17.0. The molecule has 0 unspecified atom stereocenters. The molecule has 2 aromatic carbocycles. The molecule has 0 heterocycles. The number of carbonyl (C=O) groups excluding carboxylic acids is 2. The van der Waals surface area contributed by atoms with E-state index in [4.69, 9.17) is 0 Å². The second kappa shape index (κ2) is 6.55. The minimum Gasteiger partial charge on any atom is -0.318 e. The number of anilines is 1. The number of halogens is 3. The van der Waals surface area contributed by atoms with Gasteiger partial charge in [-0.3, -0.25) is 9.59 Å². The molecular weight excluding hydrogens is 331 g/mol. The van der Waals surface area contributed by atoms with Crippen LogP contribution in [0.2, 0.25) is 0 Å². The number of hydrogen-bond acceptors (Lipinski definition) is 2. The Morgan fingerprint density at radius 1 is 1.04 bits per heavy atom. The van der Waals surface area contributed by atoms with Gasteiger partial charge in [-0.15, -0.1) is 0 Å². The molecule has 0 radical (unpaired) electrons. The van der Waals surface area contributed by atoms with Crippen molar-refractivity contribution >= 4 is 23.5 Å². The Hall–Kier alpha value is -2.89. The van der Waals surface area contributed by atoms with Gasteiger partial charge in [-0.25, -0.2) is 0 Å². The lowest BCUT2D eigenvalue weighted by Gasteiger charge is -2.17. The van der Waals surface area contributed by atoms with Crippen molar-refractivity contribution in [2.24, 2.45) is 0 Å². The summed E-state index contributed by atoms with van der Waals surface area (Å²) >= 11 is 0. The smallest absolute Gasteiger partial charge is 0.318 e. The number of aryl methyl sites for hydroxylation is 1. The molecule has 0 fully saturated rings. The van der Waals surface area contributed by atoms with Crippen molar-refractivity contribution in [2.45, 2.75) is 19.0 Å². The van der Waals surface area contributed by atoms with Crippen LogP contribution in [0.4, 0.5) is 18.9 Å². The number of rotatable bonds is 2. The van der Waals surface area contributed by atoms with Crippen LogP contribution in [0.15, 0.2) is 54.1 Å². The summed E-state index contributed by atoms with van der Waals surface area (Å²) in [4.78, 5) is 23.5. The maximum Gasteiger partial charge on any atom is 0.471 e. The molecule has 1 amide bonds. The minimum absolute atomic E-state index is 0.0281. The second-order valence-corrected chi connectivity index (χ2v) is 5.73. The molecule has 1 aliphatic rings. The average molecular weight is 345 g/mol. The quantitative estimate of drug-likeness (QED) is 0.820. The standard InChI is InChI=1S/C19H14F3NO2/c20-19(21,22)18(25)23-15-6-3-4-12(11-15)10-14-9-8-13-5-1-2-7-16(13)17(14)24/h1-7,10-11H,8-9H2,(H,23,25)/b14-10+. The van der Waals surface area contributed by atoms with Gasteiger partial charge in [0.05, 0.1) is 0 Å². The average Bonchev–Trinajstić information content (AvgIpc) is 2.57. The van der Waals surface area contributed by atoms with E-state index >= 15 is 0 Å². The van der Waals surface area contributed by atoms with Gasteiger partial charge in [0.25, 0.3) is 0 Å². The van der Waals surface area contributed by atoms with Crippen molar-refractivity contribution in [1.29, 1.82) is 0 Å². The van der Waals surface area contributed by atoms with Gasteiger partial charge in [-0.2, -0.15) is 13.2 Å². The molecule has 128 valence electrons. The molecule has 6 heteroatoms. The Balaban J connectivity index is 1.84. The van der Waals surface area contributed by atoms with E-state index in [1.54, 1.807) is 24.3 Å². The van der Waals surface area contributed by atoms with Crippen LogP contribution in [-0.4, -0.2) is 17.9 Å². The van der Waals surface area contributed by atoms with E-state index in [-0.39, 0.29) is 11.5 Å². The van der Waals surface area contributed by atoms with Crippen molar-refractivity contribution in [2.75, 3.05) is 5.32 Å². The predicted octanol–water partition coefficient (Wildman–Crippen LogP) is 4.40. The van der Waals surface area contributed by atoms with Crippen molar-refractivity contribution < 1.29 is 22.8 Å². The lowest BCUT2D eigenvalue weighted by molar-refractivity contribution is -0.167. The van der Waals surface area contributed by atoms with E-state index < -0.39 is 12.1 Å². The van der Waals surface area contributed by atoms with Crippen molar-refractivity contribution in [1.82, 2.24) is 0 Å². The zero-order valence-electron chi connectivity index (χ0n) is 13.1. The molecule has 0 aromatic heterocycles. The summed E-state index contributed by atoms with van der Waals surface area (Å²) in [7, 11) is 0. The second-order valence-electron chi connectivity index (χ2n) is 5.73. The van der Waals surface area contributed by atoms with Crippen LogP contribution >= 0.6 is 0 Å². The molecule has 25 heavy (non-hydrogen) atoms. The van der Waals surface area contributed by atoms with E-state index in [1.807, 2.05) is 17.4 Å². The number of carbonyl (C=O) groups is 2. The Bertz CT molecular complexity index is 869. The Morgan fingerprint density at radius 3 is 2.56 bits per heavy atom. The molecule has 1 aliphatic carbocycles. The fourth-order valence-corrected chi connectivity index (χ4v) is 2.76. The van der Waals surface area contributed by atoms with Crippen LogP contribution in [0.3, 0.4) is 0 Å². The normalized spacial score (nSPS) is 15.8. The molecule has 0 saturated heterocycles. The summed E-state index contributed by atoms with van der Waals surface area (Å²) < 4.78 is 37.0.